The van der Waals surface area contributed by atoms with Crippen LogP contribution in [-0.2, 0) is 0 Å². The Balaban J connectivity index is 3.79. The van der Waals surface area contributed by atoms with Crippen molar-refractivity contribution in [3.63, 3.8) is 0 Å². The van der Waals surface area contributed by atoms with Gasteiger partial charge >= 0.3 is 0 Å². The fraction of sp³-hybridized carbons (Fsp3) is 1.00. The van der Waals surface area contributed by atoms with Gasteiger partial charge in [0.05, 0.1) is 0 Å². The highest BCUT2D eigenvalue weighted by molar-refractivity contribution is 9.09. The van der Waals surface area contributed by atoms with Crippen molar-refractivity contribution in [3.05, 3.63) is 0 Å². The van der Waals surface area contributed by atoms with Crippen LogP contribution in [0, 0.1) is 5.92 Å². The Kier molecular flexibility index (Phi) is 4.29. The second kappa shape index (κ2) is 3.91. The van der Waals surface area contributed by atoms with Gasteiger partial charge in [-0.25, -0.2) is 0 Å². The molecule has 0 aromatic rings. The fourth-order valence-electron chi connectivity index (χ4n) is 0.334. The summed E-state index contributed by atoms with van der Waals surface area (Å²) in [4.78, 5) is 0. The first-order valence-corrected chi connectivity index (χ1v) is 4.83. The molecule has 56 valence electrons. The van der Waals surface area contributed by atoms with Gasteiger partial charge in [0.1, 0.15) is 0 Å². The molecule has 0 aliphatic rings. The first-order valence-electron chi connectivity index (χ1n) is 2.59. The minimum atomic E-state index is -1.58. The molecule has 0 atom stereocenters. The van der Waals surface area contributed by atoms with Crippen molar-refractivity contribution >= 4 is 31.9 Å². The van der Waals surface area contributed by atoms with Gasteiger partial charge in [-0.05, 0) is 6.92 Å². The molecule has 9 heavy (non-hydrogen) atoms. The Morgan fingerprint density at radius 2 is 1.67 bits per heavy atom. The van der Waals surface area contributed by atoms with Crippen molar-refractivity contribution < 1.29 is 10.2 Å². The van der Waals surface area contributed by atoms with E-state index >= 15 is 0 Å². The highest BCUT2D eigenvalue weighted by Gasteiger charge is 2.26. The number of hydrogen-bond acceptors (Lipinski definition) is 2. The molecular formula is C5H10Br2O2. The van der Waals surface area contributed by atoms with Crippen LogP contribution in [-0.4, -0.2) is 26.7 Å². The van der Waals surface area contributed by atoms with Crippen LogP contribution in [0.3, 0.4) is 0 Å². The minimum absolute atomic E-state index is 0.155. The summed E-state index contributed by atoms with van der Waals surface area (Å²) in [6.45, 7) is 1.38. The van der Waals surface area contributed by atoms with Gasteiger partial charge in [0, 0.05) is 16.6 Å². The van der Waals surface area contributed by atoms with E-state index in [-0.39, 0.29) is 5.92 Å². The average Bonchev–Trinajstić information content (AvgIpc) is 1.65. The van der Waals surface area contributed by atoms with E-state index in [9.17, 15) is 0 Å². The quantitative estimate of drug-likeness (QED) is 0.590. The lowest BCUT2D eigenvalue weighted by molar-refractivity contribution is -0.173. The van der Waals surface area contributed by atoms with Crippen LogP contribution in [0.4, 0.5) is 0 Å². The van der Waals surface area contributed by atoms with Crippen molar-refractivity contribution in [2.75, 3.05) is 10.7 Å². The maximum Gasteiger partial charge on any atom is 0.164 e. The standard InChI is InChI=1S/C5H10Br2O2/c1-5(8,9)4(2-6)3-7/h4,8-9H,2-3H2,1H3. The van der Waals surface area contributed by atoms with Crippen LogP contribution in [0.15, 0.2) is 0 Å². The van der Waals surface area contributed by atoms with E-state index in [0.717, 1.165) is 0 Å². The molecule has 0 aliphatic carbocycles. The molecule has 0 heterocycles. The molecule has 4 heteroatoms. The van der Waals surface area contributed by atoms with E-state index in [1.54, 1.807) is 0 Å². The first kappa shape index (κ1) is 9.88. The lowest BCUT2D eigenvalue weighted by Gasteiger charge is -2.23. The smallest absolute Gasteiger partial charge is 0.164 e. The second-order valence-electron chi connectivity index (χ2n) is 2.10. The van der Waals surface area contributed by atoms with Gasteiger partial charge in [0.25, 0.3) is 0 Å². The van der Waals surface area contributed by atoms with Gasteiger partial charge in [0.2, 0.25) is 0 Å². The van der Waals surface area contributed by atoms with E-state index in [1.165, 1.54) is 6.92 Å². The molecule has 0 fully saturated rings. The molecule has 0 aliphatic heterocycles. The number of aliphatic hydroxyl groups is 2. The van der Waals surface area contributed by atoms with E-state index < -0.39 is 5.79 Å². The number of alkyl halides is 2. The maximum absolute atomic E-state index is 8.97. The van der Waals surface area contributed by atoms with Gasteiger partial charge < -0.3 is 10.2 Å². The molecule has 0 aromatic heterocycles. The molecule has 0 unspecified atom stereocenters. The summed E-state index contributed by atoms with van der Waals surface area (Å²) < 4.78 is 0. The van der Waals surface area contributed by atoms with Crippen LogP contribution < -0.4 is 0 Å². The van der Waals surface area contributed by atoms with E-state index in [4.69, 9.17) is 10.2 Å². The van der Waals surface area contributed by atoms with Gasteiger partial charge in [-0.2, -0.15) is 0 Å². The molecule has 0 rings (SSSR count). The summed E-state index contributed by atoms with van der Waals surface area (Å²) in [5.41, 5.74) is 0. The monoisotopic (exact) mass is 260 g/mol. The van der Waals surface area contributed by atoms with Gasteiger partial charge in [0.15, 0.2) is 5.79 Å². The SMILES string of the molecule is CC(O)(O)C(CBr)CBr. The third-order valence-electron chi connectivity index (χ3n) is 1.15. The number of halogens is 2. The lowest BCUT2D eigenvalue weighted by Crippen LogP contribution is -2.36. The first-order chi connectivity index (χ1) is 4.02. The molecule has 2 nitrogen and oxygen atoms in total. The molecule has 0 saturated heterocycles. The average molecular weight is 262 g/mol. The lowest BCUT2D eigenvalue weighted by atomic mass is 10.1. The van der Waals surface area contributed by atoms with Crippen molar-refractivity contribution in [2.24, 2.45) is 5.92 Å². The third kappa shape index (κ3) is 3.55. The number of hydrogen-bond donors (Lipinski definition) is 2. The van der Waals surface area contributed by atoms with E-state index in [2.05, 4.69) is 31.9 Å². The Morgan fingerprint density at radius 1 is 1.33 bits per heavy atom. The predicted octanol–water partition coefficient (Wildman–Crippen LogP) is 1.09. The third-order valence-corrected chi connectivity index (χ3v) is 2.71. The zero-order valence-electron chi connectivity index (χ0n) is 5.14. The largest absolute Gasteiger partial charge is 0.366 e. The van der Waals surface area contributed by atoms with Crippen LogP contribution in [0.2, 0.25) is 0 Å². The zero-order valence-corrected chi connectivity index (χ0v) is 8.31. The topological polar surface area (TPSA) is 40.5 Å². The zero-order chi connectivity index (χ0) is 7.49. The summed E-state index contributed by atoms with van der Waals surface area (Å²) in [6.07, 6.45) is 0. The van der Waals surface area contributed by atoms with E-state index in [1.807, 2.05) is 0 Å². The van der Waals surface area contributed by atoms with Crippen LogP contribution in [0.25, 0.3) is 0 Å². The van der Waals surface area contributed by atoms with E-state index in [0.29, 0.717) is 10.7 Å². The predicted molar refractivity (Wildman–Crippen MR) is 43.9 cm³/mol. The summed E-state index contributed by atoms with van der Waals surface area (Å²) in [6, 6.07) is 0. The highest BCUT2D eigenvalue weighted by Crippen LogP contribution is 2.18. The van der Waals surface area contributed by atoms with Gasteiger partial charge in [-0.1, -0.05) is 31.9 Å². The Morgan fingerprint density at radius 3 is 1.67 bits per heavy atom. The molecule has 0 bridgehead atoms. The highest BCUT2D eigenvalue weighted by atomic mass is 79.9. The molecule has 0 saturated carbocycles. The molecule has 0 spiro atoms. The summed E-state index contributed by atoms with van der Waals surface area (Å²) in [5.74, 6) is -1.73. The number of rotatable bonds is 3. The Labute approximate surface area is 71.5 Å². The molecule has 0 radical (unpaired) electrons. The molecule has 0 aromatic carbocycles. The maximum atomic E-state index is 8.97. The van der Waals surface area contributed by atoms with Crippen LogP contribution in [0.5, 0.6) is 0 Å². The van der Waals surface area contributed by atoms with Crippen LogP contribution in [0.1, 0.15) is 6.92 Å². The summed E-state index contributed by atoms with van der Waals surface area (Å²) in [7, 11) is 0. The Hall–Kier alpha value is 0.880. The fourth-order valence-corrected chi connectivity index (χ4v) is 2.63. The molecule has 2 N–H and O–H groups in total. The van der Waals surface area contributed by atoms with Gasteiger partial charge in [-0.15, -0.1) is 0 Å². The summed E-state index contributed by atoms with van der Waals surface area (Å²) >= 11 is 6.32. The van der Waals surface area contributed by atoms with Crippen LogP contribution >= 0.6 is 31.9 Å². The minimum Gasteiger partial charge on any atom is -0.366 e. The van der Waals surface area contributed by atoms with Gasteiger partial charge in [-0.3, -0.25) is 0 Å². The molecular weight excluding hydrogens is 252 g/mol. The van der Waals surface area contributed by atoms with Crippen molar-refractivity contribution in [1.82, 2.24) is 0 Å². The molecule has 0 amide bonds. The van der Waals surface area contributed by atoms with Crippen molar-refractivity contribution in [2.45, 2.75) is 12.7 Å². The normalized spacial score (nSPS) is 12.7. The van der Waals surface area contributed by atoms with Crippen molar-refractivity contribution in [1.29, 1.82) is 0 Å². The second-order valence-corrected chi connectivity index (χ2v) is 3.39. The summed E-state index contributed by atoms with van der Waals surface area (Å²) in [5, 5.41) is 19.1. The van der Waals surface area contributed by atoms with Crippen molar-refractivity contribution in [3.8, 4) is 0 Å². The Bertz CT molecular complexity index is 75.5.